The molecular formula is C24H26Cl2F3N3O4S. The second kappa shape index (κ2) is 10.9. The Morgan fingerprint density at radius 3 is 2.19 bits per heavy atom. The number of hydrogen-bond acceptors (Lipinski definition) is 4. The molecule has 2 aromatic rings. The fraction of sp³-hybridized carbons (Fsp3) is 0.458. The van der Waals surface area contributed by atoms with Crippen LogP contribution in [0.1, 0.15) is 17.0 Å². The van der Waals surface area contributed by atoms with Gasteiger partial charge in [-0.2, -0.15) is 17.5 Å². The topological polar surface area (TPSA) is 70.2 Å². The van der Waals surface area contributed by atoms with Crippen molar-refractivity contribution < 1.29 is 31.1 Å². The number of hydrogen-bond donors (Lipinski definition) is 0. The van der Waals surface area contributed by atoms with Crippen LogP contribution in [0.25, 0.3) is 0 Å². The summed E-state index contributed by atoms with van der Waals surface area (Å²) >= 11 is 12.3. The first kappa shape index (κ1) is 27.8. The number of carbonyl (C=O) groups excluding carboxylic acids is 1. The van der Waals surface area contributed by atoms with E-state index in [0.29, 0.717) is 28.9 Å². The minimum Gasteiger partial charge on any atom is -0.493 e. The molecule has 0 radical (unpaired) electrons. The zero-order valence-electron chi connectivity index (χ0n) is 19.9. The molecule has 0 saturated carbocycles. The highest BCUT2D eigenvalue weighted by Crippen LogP contribution is 2.37. The Kier molecular flexibility index (Phi) is 8.18. The number of nitrogens with zero attached hydrogens (tertiary/aromatic N) is 3. The van der Waals surface area contributed by atoms with Crippen molar-refractivity contribution in [1.29, 1.82) is 0 Å². The van der Waals surface area contributed by atoms with E-state index in [9.17, 15) is 26.4 Å². The van der Waals surface area contributed by atoms with Crippen molar-refractivity contribution in [3.8, 4) is 5.75 Å². The molecule has 0 aromatic heterocycles. The van der Waals surface area contributed by atoms with Gasteiger partial charge in [-0.1, -0.05) is 29.3 Å². The van der Waals surface area contributed by atoms with E-state index >= 15 is 0 Å². The number of likely N-dealkylation sites (tertiary alicyclic amines) is 1. The lowest BCUT2D eigenvalue weighted by molar-refractivity contribution is -0.137. The summed E-state index contributed by atoms with van der Waals surface area (Å²) in [5.74, 6) is -0.0196. The summed E-state index contributed by atoms with van der Waals surface area (Å²) < 4.78 is 69.4. The van der Waals surface area contributed by atoms with Crippen LogP contribution < -0.4 is 4.74 Å². The number of urea groups is 1. The summed E-state index contributed by atoms with van der Waals surface area (Å²) in [6.07, 6.45) is -3.29. The molecule has 7 nitrogen and oxygen atoms in total. The van der Waals surface area contributed by atoms with Gasteiger partial charge in [-0.25, -0.2) is 13.2 Å². The lowest BCUT2D eigenvalue weighted by Crippen LogP contribution is -2.53. The summed E-state index contributed by atoms with van der Waals surface area (Å²) in [5.41, 5.74) is 0.106. The van der Waals surface area contributed by atoms with E-state index < -0.39 is 21.8 Å². The maximum absolute atomic E-state index is 13.3. The molecule has 2 atom stereocenters. The number of alkyl halides is 3. The lowest BCUT2D eigenvalue weighted by atomic mass is 9.89. The molecule has 2 aliphatic heterocycles. The van der Waals surface area contributed by atoms with Crippen molar-refractivity contribution in [1.82, 2.24) is 14.1 Å². The standard InChI is InChI=1S/C24H26Cl2F3N3O4S/c1-37(34,35)32-10-8-30(9-11-32)23(33)31-13-17(20(14-31)16-2-7-21(25)22(26)12-16)15-36-19-5-3-18(4-6-19)24(27,28)29/h2-7,12,17,20H,8-11,13-15H2,1H3. The van der Waals surface area contributed by atoms with Crippen molar-refractivity contribution in [2.75, 3.05) is 52.1 Å². The van der Waals surface area contributed by atoms with Crippen LogP contribution in [0.5, 0.6) is 5.75 Å². The van der Waals surface area contributed by atoms with Crippen molar-refractivity contribution in [3.63, 3.8) is 0 Å². The van der Waals surface area contributed by atoms with E-state index in [2.05, 4.69) is 0 Å². The van der Waals surface area contributed by atoms with Crippen LogP contribution in [0.2, 0.25) is 10.0 Å². The molecule has 4 rings (SSSR count). The first-order valence-electron chi connectivity index (χ1n) is 11.6. The quantitative estimate of drug-likeness (QED) is 0.510. The number of sulfonamides is 1. The van der Waals surface area contributed by atoms with Gasteiger partial charge in [-0.15, -0.1) is 0 Å². The predicted octanol–water partition coefficient (Wildman–Crippen LogP) is 4.80. The van der Waals surface area contributed by atoms with Crippen LogP contribution in [0, 0.1) is 5.92 Å². The van der Waals surface area contributed by atoms with Gasteiger partial charge in [0.15, 0.2) is 0 Å². The molecule has 0 aliphatic carbocycles. The Morgan fingerprint density at radius 1 is 0.973 bits per heavy atom. The summed E-state index contributed by atoms with van der Waals surface area (Å²) in [5, 5.41) is 0.779. The van der Waals surface area contributed by atoms with E-state index in [1.807, 2.05) is 6.07 Å². The predicted molar refractivity (Wildman–Crippen MR) is 135 cm³/mol. The molecule has 202 valence electrons. The van der Waals surface area contributed by atoms with Gasteiger partial charge < -0.3 is 14.5 Å². The van der Waals surface area contributed by atoms with Crippen LogP contribution in [0.4, 0.5) is 18.0 Å². The highest BCUT2D eigenvalue weighted by atomic mass is 35.5. The third kappa shape index (κ3) is 6.63. The summed E-state index contributed by atoms with van der Waals surface area (Å²) in [6, 6.07) is 9.55. The van der Waals surface area contributed by atoms with Crippen molar-refractivity contribution in [2.45, 2.75) is 12.1 Å². The third-order valence-corrected chi connectivity index (χ3v) is 8.75. The highest BCUT2D eigenvalue weighted by molar-refractivity contribution is 7.88. The number of ether oxygens (including phenoxy) is 1. The lowest BCUT2D eigenvalue weighted by Gasteiger charge is -2.35. The van der Waals surface area contributed by atoms with E-state index in [-0.39, 0.29) is 50.7 Å². The monoisotopic (exact) mass is 579 g/mol. The Morgan fingerprint density at radius 2 is 1.62 bits per heavy atom. The number of carbonyl (C=O) groups is 1. The van der Waals surface area contributed by atoms with Gasteiger partial charge in [0, 0.05) is 51.1 Å². The number of benzene rings is 2. The third-order valence-electron chi connectivity index (χ3n) is 6.71. The second-order valence-electron chi connectivity index (χ2n) is 9.21. The number of amides is 2. The summed E-state index contributed by atoms with van der Waals surface area (Å²) in [4.78, 5) is 16.6. The fourth-order valence-electron chi connectivity index (χ4n) is 4.67. The van der Waals surface area contributed by atoms with Gasteiger partial charge in [0.25, 0.3) is 0 Å². The summed E-state index contributed by atoms with van der Waals surface area (Å²) in [7, 11) is -3.32. The molecule has 37 heavy (non-hydrogen) atoms. The minimum absolute atomic E-state index is 0.148. The van der Waals surface area contributed by atoms with Crippen molar-refractivity contribution in [2.24, 2.45) is 5.92 Å². The normalized spacial score (nSPS) is 21.4. The van der Waals surface area contributed by atoms with Gasteiger partial charge in [0.1, 0.15) is 5.75 Å². The van der Waals surface area contributed by atoms with Gasteiger partial charge in [-0.05, 0) is 42.0 Å². The van der Waals surface area contributed by atoms with Gasteiger partial charge in [-0.3, -0.25) is 0 Å². The number of halogens is 5. The van der Waals surface area contributed by atoms with E-state index in [1.54, 1.807) is 21.9 Å². The Bertz CT molecular complexity index is 1240. The van der Waals surface area contributed by atoms with E-state index in [0.717, 1.165) is 24.0 Å². The first-order valence-corrected chi connectivity index (χ1v) is 14.2. The van der Waals surface area contributed by atoms with E-state index in [4.69, 9.17) is 27.9 Å². The average Bonchev–Trinajstić information content (AvgIpc) is 3.27. The average molecular weight is 580 g/mol. The number of piperazine rings is 1. The molecule has 2 amide bonds. The zero-order chi connectivity index (χ0) is 27.0. The molecule has 13 heteroatoms. The van der Waals surface area contributed by atoms with Crippen LogP contribution in [-0.2, 0) is 16.2 Å². The molecule has 0 N–H and O–H groups in total. The smallest absolute Gasteiger partial charge is 0.416 e. The minimum atomic E-state index is -4.43. The van der Waals surface area contributed by atoms with Gasteiger partial charge >= 0.3 is 12.2 Å². The summed E-state index contributed by atoms with van der Waals surface area (Å²) in [6.45, 7) is 1.94. The second-order valence-corrected chi connectivity index (χ2v) is 12.0. The van der Waals surface area contributed by atoms with Crippen LogP contribution in [0.15, 0.2) is 42.5 Å². The molecule has 2 saturated heterocycles. The Labute approximate surface area is 223 Å². The molecule has 2 aliphatic rings. The largest absolute Gasteiger partial charge is 0.493 e. The maximum atomic E-state index is 13.3. The Hall–Kier alpha value is -2.21. The molecule has 0 spiro atoms. The van der Waals surface area contributed by atoms with Crippen molar-refractivity contribution in [3.05, 3.63) is 63.6 Å². The fourth-order valence-corrected chi connectivity index (χ4v) is 5.80. The van der Waals surface area contributed by atoms with Gasteiger partial charge in [0.2, 0.25) is 10.0 Å². The molecule has 2 unspecified atom stereocenters. The van der Waals surface area contributed by atoms with E-state index in [1.165, 1.54) is 16.4 Å². The van der Waals surface area contributed by atoms with Crippen LogP contribution in [-0.4, -0.2) is 80.7 Å². The molecule has 2 heterocycles. The SMILES string of the molecule is CS(=O)(=O)N1CCN(C(=O)N2CC(COc3ccc(C(F)(F)F)cc3)C(c3ccc(Cl)c(Cl)c3)C2)CC1. The Balaban J connectivity index is 1.47. The molecule has 2 aromatic carbocycles. The van der Waals surface area contributed by atoms with Crippen LogP contribution in [0.3, 0.4) is 0 Å². The molecular weight excluding hydrogens is 554 g/mol. The molecule has 2 fully saturated rings. The van der Waals surface area contributed by atoms with Crippen LogP contribution >= 0.6 is 23.2 Å². The maximum Gasteiger partial charge on any atom is 0.416 e. The van der Waals surface area contributed by atoms with Gasteiger partial charge in [0.05, 0.1) is 28.5 Å². The number of rotatable bonds is 5. The van der Waals surface area contributed by atoms with Crippen molar-refractivity contribution >= 4 is 39.3 Å². The first-order chi connectivity index (χ1) is 17.3. The molecule has 0 bridgehead atoms. The highest BCUT2D eigenvalue weighted by Gasteiger charge is 2.39. The zero-order valence-corrected chi connectivity index (χ0v) is 22.2.